The van der Waals surface area contributed by atoms with Gasteiger partial charge in [0.25, 0.3) is 5.91 Å². The predicted octanol–water partition coefficient (Wildman–Crippen LogP) is 5.68. The van der Waals surface area contributed by atoms with Gasteiger partial charge in [0.05, 0.1) is 22.2 Å². The van der Waals surface area contributed by atoms with E-state index in [9.17, 15) is 31.5 Å². The normalized spacial score (nSPS) is 21.2. The number of rotatable bonds is 6. The number of halogens is 6. The quantitative estimate of drug-likeness (QED) is 0.397. The van der Waals surface area contributed by atoms with E-state index < -0.39 is 47.3 Å². The Kier molecular flexibility index (Phi) is 7.04. The molecule has 1 aliphatic carbocycles. The van der Waals surface area contributed by atoms with Crippen molar-refractivity contribution in [3.8, 4) is 0 Å². The Morgan fingerprint density at radius 1 is 1.11 bits per heavy atom. The number of benzene rings is 1. The second-order valence-corrected chi connectivity index (χ2v) is 9.35. The van der Waals surface area contributed by atoms with E-state index in [4.69, 9.17) is 11.6 Å². The molecule has 1 saturated heterocycles. The highest BCUT2D eigenvalue weighted by molar-refractivity contribution is 6.30. The maximum Gasteiger partial charge on any atom is 0.417 e. The molecule has 0 spiro atoms. The van der Waals surface area contributed by atoms with E-state index in [1.165, 1.54) is 4.90 Å². The van der Waals surface area contributed by atoms with Gasteiger partial charge in [-0.3, -0.25) is 14.6 Å². The van der Waals surface area contributed by atoms with Crippen molar-refractivity contribution in [2.45, 2.75) is 63.3 Å². The van der Waals surface area contributed by atoms with Crippen LogP contribution in [0, 0.1) is 17.6 Å². The number of amides is 2. The summed E-state index contributed by atoms with van der Waals surface area (Å²) in [6.07, 6.45) is -0.346. The maximum atomic E-state index is 14.6. The van der Waals surface area contributed by atoms with Gasteiger partial charge in [-0.1, -0.05) is 18.5 Å². The van der Waals surface area contributed by atoms with Crippen molar-refractivity contribution < 1.29 is 31.5 Å². The van der Waals surface area contributed by atoms with Gasteiger partial charge in [-0.25, -0.2) is 8.78 Å². The Labute approximate surface area is 203 Å². The first-order valence-corrected chi connectivity index (χ1v) is 11.7. The van der Waals surface area contributed by atoms with Gasteiger partial charge in [0.15, 0.2) is 0 Å². The molecule has 35 heavy (non-hydrogen) atoms. The van der Waals surface area contributed by atoms with Crippen LogP contribution in [0.1, 0.15) is 66.6 Å². The molecule has 2 aliphatic rings. The largest absolute Gasteiger partial charge is 0.417 e. The third kappa shape index (κ3) is 5.27. The summed E-state index contributed by atoms with van der Waals surface area (Å²) in [6, 6.07) is 0.380. The first-order chi connectivity index (χ1) is 16.5. The fourth-order valence-electron chi connectivity index (χ4n) is 4.61. The zero-order chi connectivity index (χ0) is 25.5. The molecule has 2 aromatic rings. The van der Waals surface area contributed by atoms with Crippen LogP contribution in [0.15, 0.2) is 30.6 Å². The van der Waals surface area contributed by atoms with Crippen molar-refractivity contribution in [3.63, 3.8) is 0 Å². The lowest BCUT2D eigenvalue weighted by molar-refractivity contribution is -0.137. The number of likely N-dealkylation sites (tertiary alicyclic amines) is 1. The Bertz CT molecular complexity index is 1140. The Hall–Kier alpha value is -2.75. The maximum absolute atomic E-state index is 14.6. The third-order valence-corrected chi connectivity index (χ3v) is 6.88. The molecule has 0 bridgehead atoms. The molecule has 1 aromatic heterocycles. The highest BCUT2D eigenvalue weighted by atomic mass is 35.5. The number of aromatic nitrogens is 1. The molecule has 2 amide bonds. The molecule has 1 saturated carbocycles. The van der Waals surface area contributed by atoms with E-state index >= 15 is 0 Å². The molecule has 1 N–H and O–H groups in total. The van der Waals surface area contributed by atoms with E-state index in [1.807, 2.05) is 6.92 Å². The summed E-state index contributed by atoms with van der Waals surface area (Å²) in [5.41, 5.74) is -1.37. The van der Waals surface area contributed by atoms with Crippen LogP contribution < -0.4 is 5.32 Å². The highest BCUT2D eigenvalue weighted by Crippen LogP contribution is 2.43. The Morgan fingerprint density at radius 3 is 2.46 bits per heavy atom. The molecule has 4 rings (SSSR count). The average Bonchev–Trinajstić information content (AvgIpc) is 3.56. The minimum atomic E-state index is -4.68. The predicted molar refractivity (Wildman–Crippen MR) is 117 cm³/mol. The zero-order valence-electron chi connectivity index (χ0n) is 18.7. The highest BCUT2D eigenvalue weighted by Gasteiger charge is 2.43. The molecule has 1 aromatic carbocycles. The third-order valence-electron chi connectivity index (χ3n) is 6.59. The van der Waals surface area contributed by atoms with Crippen LogP contribution in [0.4, 0.5) is 22.0 Å². The summed E-state index contributed by atoms with van der Waals surface area (Å²) in [4.78, 5) is 31.4. The van der Waals surface area contributed by atoms with Gasteiger partial charge < -0.3 is 10.2 Å². The van der Waals surface area contributed by atoms with Gasteiger partial charge in [-0.15, -0.1) is 0 Å². The smallest absolute Gasteiger partial charge is 0.347 e. The lowest BCUT2D eigenvalue weighted by Crippen LogP contribution is -2.49. The van der Waals surface area contributed by atoms with Crippen molar-refractivity contribution >= 4 is 23.4 Å². The summed E-state index contributed by atoms with van der Waals surface area (Å²) in [6.45, 7) is 1.81. The molecule has 2 heterocycles. The second-order valence-electron chi connectivity index (χ2n) is 8.94. The lowest BCUT2D eigenvalue weighted by Gasteiger charge is -2.31. The van der Waals surface area contributed by atoms with Gasteiger partial charge in [-0.2, -0.15) is 13.2 Å². The van der Waals surface area contributed by atoms with E-state index in [-0.39, 0.29) is 34.5 Å². The van der Waals surface area contributed by atoms with Gasteiger partial charge in [0.1, 0.15) is 17.7 Å². The summed E-state index contributed by atoms with van der Waals surface area (Å²) in [7, 11) is 0. The Morgan fingerprint density at radius 2 is 1.83 bits per heavy atom. The number of alkyl halides is 3. The first kappa shape index (κ1) is 25.3. The molecule has 1 aliphatic heterocycles. The zero-order valence-corrected chi connectivity index (χ0v) is 19.5. The fourth-order valence-corrected chi connectivity index (χ4v) is 4.76. The van der Waals surface area contributed by atoms with E-state index in [0.717, 1.165) is 18.3 Å². The molecule has 5 nitrogen and oxygen atoms in total. The summed E-state index contributed by atoms with van der Waals surface area (Å²) >= 11 is 5.66. The molecule has 0 radical (unpaired) electrons. The van der Waals surface area contributed by atoms with Crippen LogP contribution in [-0.4, -0.2) is 33.8 Å². The fraction of sp³-hybridized carbons (Fsp3) is 0.458. The minimum Gasteiger partial charge on any atom is -0.347 e. The van der Waals surface area contributed by atoms with Gasteiger partial charge in [0.2, 0.25) is 5.91 Å². The molecular formula is C24H23ClF5N3O2. The van der Waals surface area contributed by atoms with Crippen LogP contribution in [-0.2, 0) is 11.0 Å². The van der Waals surface area contributed by atoms with Gasteiger partial charge >= 0.3 is 6.18 Å². The molecule has 11 heteroatoms. The van der Waals surface area contributed by atoms with Crippen LogP contribution in [0.2, 0.25) is 5.02 Å². The van der Waals surface area contributed by atoms with E-state index in [1.54, 1.807) is 0 Å². The molecule has 3 atom stereocenters. The van der Waals surface area contributed by atoms with Crippen molar-refractivity contribution in [1.29, 1.82) is 0 Å². The SMILES string of the molecule is CC[C@@H]1CC[C@H](C(=O)NC(c2cc(F)c(Cl)cc2F)C2CC2)N1C(=O)c1cncc(C(F)(F)F)c1. The van der Waals surface area contributed by atoms with Crippen molar-refractivity contribution in [3.05, 3.63) is 63.9 Å². The molecular weight excluding hydrogens is 493 g/mol. The summed E-state index contributed by atoms with van der Waals surface area (Å²) in [5.74, 6) is -2.98. The summed E-state index contributed by atoms with van der Waals surface area (Å²) in [5, 5.41) is 2.39. The second kappa shape index (κ2) is 9.72. The number of nitrogens with one attached hydrogen (secondary N) is 1. The van der Waals surface area contributed by atoms with E-state index in [2.05, 4.69) is 10.3 Å². The van der Waals surface area contributed by atoms with Crippen LogP contribution in [0.25, 0.3) is 0 Å². The van der Waals surface area contributed by atoms with Crippen molar-refractivity contribution in [2.24, 2.45) is 5.92 Å². The van der Waals surface area contributed by atoms with E-state index in [0.29, 0.717) is 37.9 Å². The Balaban J connectivity index is 1.60. The van der Waals surface area contributed by atoms with Gasteiger partial charge in [-0.05, 0) is 56.2 Å². The molecule has 2 fully saturated rings. The number of carbonyl (C=O) groups is 2. The summed E-state index contributed by atoms with van der Waals surface area (Å²) < 4.78 is 68.1. The van der Waals surface area contributed by atoms with Crippen LogP contribution in [0.5, 0.6) is 0 Å². The molecule has 188 valence electrons. The lowest BCUT2D eigenvalue weighted by atomic mass is 10.0. The number of carbonyl (C=O) groups excluding carboxylic acids is 2. The minimum absolute atomic E-state index is 0.0345. The topological polar surface area (TPSA) is 62.3 Å². The number of pyridine rings is 1. The standard InChI is InChI=1S/C24H23ClF5N3O2/c1-2-15-5-6-20(33(15)23(35)13-7-14(11-31-10-13)24(28,29)30)22(34)32-21(12-3-4-12)16-8-19(27)17(25)9-18(16)26/h7-12,15,20-21H,2-6H2,1H3,(H,32,34)/t15-,20-,21?/m1/s1. The van der Waals surface area contributed by atoms with Crippen LogP contribution >= 0.6 is 11.6 Å². The monoisotopic (exact) mass is 515 g/mol. The number of nitrogens with zero attached hydrogens (tertiary/aromatic N) is 2. The van der Waals surface area contributed by atoms with Crippen molar-refractivity contribution in [2.75, 3.05) is 0 Å². The first-order valence-electron chi connectivity index (χ1n) is 11.3. The van der Waals surface area contributed by atoms with Gasteiger partial charge in [0, 0.05) is 24.0 Å². The number of hydrogen-bond donors (Lipinski definition) is 1. The van der Waals surface area contributed by atoms with Crippen molar-refractivity contribution in [1.82, 2.24) is 15.2 Å². The average molecular weight is 516 g/mol. The van der Waals surface area contributed by atoms with Crippen LogP contribution in [0.3, 0.4) is 0 Å². The molecule has 1 unspecified atom stereocenters. The number of hydrogen-bond acceptors (Lipinski definition) is 3.